The summed E-state index contributed by atoms with van der Waals surface area (Å²) in [5.41, 5.74) is 5.81. The van der Waals surface area contributed by atoms with Gasteiger partial charge in [0, 0.05) is 29.1 Å². The summed E-state index contributed by atoms with van der Waals surface area (Å²) in [6.07, 6.45) is 0.188. The van der Waals surface area contributed by atoms with Gasteiger partial charge < -0.3 is 10.2 Å². The van der Waals surface area contributed by atoms with Gasteiger partial charge in [0.05, 0.1) is 18.7 Å². The van der Waals surface area contributed by atoms with Crippen molar-refractivity contribution in [2.45, 2.75) is 27.2 Å². The van der Waals surface area contributed by atoms with Crippen molar-refractivity contribution in [2.75, 3.05) is 18.9 Å². The Bertz CT molecular complexity index is 970. The normalized spacial score (nSPS) is 10.7. The summed E-state index contributed by atoms with van der Waals surface area (Å²) in [5, 5.41) is 9.79. The lowest BCUT2D eigenvalue weighted by Crippen LogP contribution is -2.36. The minimum absolute atomic E-state index is 0.00706. The number of nitrogens with zero attached hydrogens (tertiary/aromatic N) is 2. The first-order valence-corrected chi connectivity index (χ1v) is 10.7. The largest absolute Gasteiger partial charge is 0.336 e. The molecule has 0 aliphatic heterocycles. The molecule has 2 aromatic heterocycles. The molecule has 1 N–H and O–H groups in total. The molecule has 0 atom stereocenters. The molecule has 0 unspecified atom stereocenters. The second-order valence-electron chi connectivity index (χ2n) is 6.90. The fraction of sp³-hybridized carbons (Fsp3) is 0.286. The number of benzene rings is 1. The Morgan fingerprint density at radius 3 is 2.50 bits per heavy atom. The number of amides is 2. The van der Waals surface area contributed by atoms with E-state index in [0.717, 1.165) is 38.6 Å². The molecule has 0 saturated heterocycles. The van der Waals surface area contributed by atoms with Crippen molar-refractivity contribution in [2.24, 2.45) is 0 Å². The molecular formula is C21H23N3O2S2. The van der Waals surface area contributed by atoms with Crippen molar-refractivity contribution >= 4 is 40.2 Å². The van der Waals surface area contributed by atoms with Gasteiger partial charge in [-0.15, -0.1) is 11.3 Å². The molecular weight excluding hydrogens is 390 g/mol. The van der Waals surface area contributed by atoms with E-state index in [1.54, 1.807) is 18.4 Å². The quantitative estimate of drug-likeness (QED) is 0.650. The Labute approximate surface area is 173 Å². The van der Waals surface area contributed by atoms with E-state index in [-0.39, 0.29) is 24.8 Å². The van der Waals surface area contributed by atoms with Crippen molar-refractivity contribution in [3.05, 3.63) is 56.7 Å². The smallest absolute Gasteiger partial charge is 0.243 e. The zero-order valence-corrected chi connectivity index (χ0v) is 18.0. The lowest BCUT2D eigenvalue weighted by molar-refractivity contribution is -0.132. The molecule has 2 amide bonds. The molecule has 0 radical (unpaired) electrons. The average Bonchev–Trinajstić information content (AvgIpc) is 3.29. The van der Waals surface area contributed by atoms with Crippen molar-refractivity contribution in [1.82, 2.24) is 9.88 Å². The van der Waals surface area contributed by atoms with Crippen LogP contribution in [0.4, 0.5) is 5.69 Å². The highest BCUT2D eigenvalue weighted by atomic mass is 32.1. The van der Waals surface area contributed by atoms with Gasteiger partial charge in [-0.3, -0.25) is 9.59 Å². The van der Waals surface area contributed by atoms with Crippen LogP contribution in [0.5, 0.6) is 0 Å². The number of thiophene rings is 1. The Hall–Kier alpha value is -2.51. The number of likely N-dealkylation sites (N-methyl/N-ethyl adjacent to an activating group) is 1. The number of aromatic nitrogens is 1. The van der Waals surface area contributed by atoms with Crippen molar-refractivity contribution in [3.63, 3.8) is 0 Å². The van der Waals surface area contributed by atoms with E-state index in [1.165, 1.54) is 16.2 Å². The number of carbonyl (C=O) groups is 2. The van der Waals surface area contributed by atoms with Gasteiger partial charge >= 0.3 is 0 Å². The molecule has 0 fully saturated rings. The standard InChI is InChI=1S/C21H23N3O2S2/c1-13-7-14(2)20(15(3)8-13)23-18(25)10-24(4)19(26)9-17-12-28-21(22-17)16-5-6-27-11-16/h5-8,11-12H,9-10H2,1-4H3,(H,23,25). The fourth-order valence-electron chi connectivity index (χ4n) is 3.06. The highest BCUT2D eigenvalue weighted by Crippen LogP contribution is 2.26. The first-order chi connectivity index (χ1) is 13.3. The minimum atomic E-state index is -0.205. The predicted octanol–water partition coefficient (Wildman–Crippen LogP) is 4.44. The first-order valence-electron chi connectivity index (χ1n) is 8.92. The van der Waals surface area contributed by atoms with Gasteiger partial charge in [-0.2, -0.15) is 11.3 Å². The number of nitrogens with one attached hydrogen (secondary N) is 1. The van der Waals surface area contributed by atoms with Crippen LogP contribution in [-0.4, -0.2) is 35.3 Å². The summed E-state index contributed by atoms with van der Waals surface area (Å²) >= 11 is 3.15. The maximum Gasteiger partial charge on any atom is 0.243 e. The molecule has 2 heterocycles. The monoisotopic (exact) mass is 413 g/mol. The van der Waals surface area contributed by atoms with E-state index in [9.17, 15) is 9.59 Å². The van der Waals surface area contributed by atoms with Gasteiger partial charge in [-0.25, -0.2) is 4.98 Å². The second kappa shape index (κ2) is 8.67. The summed E-state index contributed by atoms with van der Waals surface area (Å²) in [7, 11) is 1.64. The lowest BCUT2D eigenvalue weighted by Gasteiger charge is -2.18. The van der Waals surface area contributed by atoms with E-state index in [2.05, 4.69) is 10.3 Å². The van der Waals surface area contributed by atoms with Crippen molar-refractivity contribution in [1.29, 1.82) is 0 Å². The average molecular weight is 414 g/mol. The van der Waals surface area contributed by atoms with E-state index >= 15 is 0 Å². The van der Waals surface area contributed by atoms with Crippen LogP contribution >= 0.6 is 22.7 Å². The molecule has 5 nitrogen and oxygen atoms in total. The Kier molecular flexibility index (Phi) is 6.26. The molecule has 3 aromatic rings. The van der Waals surface area contributed by atoms with Gasteiger partial charge in [0.1, 0.15) is 5.01 Å². The number of aryl methyl sites for hydroxylation is 3. The van der Waals surface area contributed by atoms with Gasteiger partial charge in [-0.05, 0) is 43.3 Å². The van der Waals surface area contributed by atoms with Crippen LogP contribution in [0.2, 0.25) is 0 Å². The zero-order chi connectivity index (χ0) is 20.3. The van der Waals surface area contributed by atoms with Crippen molar-refractivity contribution < 1.29 is 9.59 Å². The van der Waals surface area contributed by atoms with Crippen LogP contribution < -0.4 is 5.32 Å². The molecule has 0 spiro atoms. The number of anilines is 1. The number of carbonyl (C=O) groups excluding carboxylic acids is 2. The van der Waals surface area contributed by atoms with E-state index in [0.29, 0.717) is 0 Å². The summed E-state index contributed by atoms with van der Waals surface area (Å²) in [5.74, 6) is -0.335. The van der Waals surface area contributed by atoms with Gasteiger partial charge in [0.2, 0.25) is 11.8 Å². The lowest BCUT2D eigenvalue weighted by atomic mass is 10.1. The maximum atomic E-state index is 12.5. The molecule has 1 aromatic carbocycles. The Morgan fingerprint density at radius 2 is 1.86 bits per heavy atom. The number of rotatable bonds is 6. The second-order valence-corrected chi connectivity index (χ2v) is 8.54. The summed E-state index contributed by atoms with van der Waals surface area (Å²) in [6.45, 7) is 5.98. The van der Waals surface area contributed by atoms with Gasteiger partial charge in [0.15, 0.2) is 0 Å². The van der Waals surface area contributed by atoms with Crippen LogP contribution in [0.1, 0.15) is 22.4 Å². The molecule has 28 heavy (non-hydrogen) atoms. The fourth-order valence-corrected chi connectivity index (χ4v) is 4.59. The number of hydrogen-bond acceptors (Lipinski definition) is 5. The van der Waals surface area contributed by atoms with Gasteiger partial charge in [-0.1, -0.05) is 17.7 Å². The maximum absolute atomic E-state index is 12.5. The van der Waals surface area contributed by atoms with E-state index in [4.69, 9.17) is 0 Å². The topological polar surface area (TPSA) is 62.3 Å². The van der Waals surface area contributed by atoms with Crippen LogP contribution in [0.3, 0.4) is 0 Å². The minimum Gasteiger partial charge on any atom is -0.336 e. The van der Waals surface area contributed by atoms with Crippen LogP contribution in [0, 0.1) is 20.8 Å². The Balaban J connectivity index is 1.57. The van der Waals surface area contributed by atoms with Crippen LogP contribution in [0.15, 0.2) is 34.3 Å². The predicted molar refractivity (Wildman–Crippen MR) is 116 cm³/mol. The molecule has 0 bridgehead atoms. The third kappa shape index (κ3) is 4.85. The zero-order valence-electron chi connectivity index (χ0n) is 16.4. The number of thiazole rings is 1. The third-order valence-corrected chi connectivity index (χ3v) is 6.02. The molecule has 0 saturated carbocycles. The summed E-state index contributed by atoms with van der Waals surface area (Å²) in [4.78, 5) is 30.9. The van der Waals surface area contributed by atoms with Crippen molar-refractivity contribution in [3.8, 4) is 10.6 Å². The van der Waals surface area contributed by atoms with E-state index in [1.807, 2.05) is 55.1 Å². The van der Waals surface area contributed by atoms with Crippen LogP contribution in [-0.2, 0) is 16.0 Å². The van der Waals surface area contributed by atoms with Gasteiger partial charge in [0.25, 0.3) is 0 Å². The molecule has 0 aliphatic carbocycles. The Morgan fingerprint density at radius 1 is 1.14 bits per heavy atom. The molecule has 0 aliphatic rings. The third-order valence-electron chi connectivity index (χ3n) is 4.40. The highest BCUT2D eigenvalue weighted by molar-refractivity contribution is 7.14. The SMILES string of the molecule is Cc1cc(C)c(NC(=O)CN(C)C(=O)Cc2csc(-c3ccsc3)n2)c(C)c1. The summed E-state index contributed by atoms with van der Waals surface area (Å²) < 4.78 is 0. The molecule has 3 rings (SSSR count). The molecule has 146 valence electrons. The number of hydrogen-bond donors (Lipinski definition) is 1. The van der Waals surface area contributed by atoms with E-state index < -0.39 is 0 Å². The summed E-state index contributed by atoms with van der Waals surface area (Å²) in [6, 6.07) is 6.08. The highest BCUT2D eigenvalue weighted by Gasteiger charge is 2.17. The van der Waals surface area contributed by atoms with Crippen LogP contribution in [0.25, 0.3) is 10.6 Å². The molecule has 7 heteroatoms. The first kappa shape index (κ1) is 20.2.